The lowest BCUT2D eigenvalue weighted by Crippen LogP contribution is -1.87. The maximum absolute atomic E-state index is 13.9. The molecule has 0 unspecified atom stereocenters. The molecule has 0 saturated carbocycles. The number of rotatable bonds is 4. The summed E-state index contributed by atoms with van der Waals surface area (Å²) in [5.74, 6) is 0.813. The van der Waals surface area contributed by atoms with Gasteiger partial charge in [0, 0.05) is 21.9 Å². The summed E-state index contributed by atoms with van der Waals surface area (Å²) < 4.78 is 13.9. The van der Waals surface area contributed by atoms with Crippen LogP contribution in [0.15, 0.2) is 59.6 Å². The van der Waals surface area contributed by atoms with Gasteiger partial charge >= 0.3 is 0 Å². The van der Waals surface area contributed by atoms with Crippen LogP contribution >= 0.6 is 35.0 Å². The number of aromatic nitrogens is 3. The first kappa shape index (κ1) is 17.3. The van der Waals surface area contributed by atoms with Crippen LogP contribution in [-0.4, -0.2) is 15.0 Å². The standard InChI is InChI=1S/C19H12Cl2FN3S/c20-12-5-4-11(14(22)7-12)10-26-18-9-17-16(8-13(18)21)24-19(25-17)15-3-1-2-6-23-15/h1-9H,10H2,(H,24,25). The third-order valence-electron chi connectivity index (χ3n) is 3.84. The Labute approximate surface area is 163 Å². The van der Waals surface area contributed by atoms with Crippen LogP contribution in [-0.2, 0) is 5.75 Å². The molecule has 3 nitrogen and oxygen atoms in total. The summed E-state index contributed by atoms with van der Waals surface area (Å²) in [6.07, 6.45) is 1.72. The summed E-state index contributed by atoms with van der Waals surface area (Å²) in [5.41, 5.74) is 2.95. The van der Waals surface area contributed by atoms with E-state index in [4.69, 9.17) is 23.2 Å². The van der Waals surface area contributed by atoms with Crippen molar-refractivity contribution in [1.29, 1.82) is 0 Å². The molecule has 0 fully saturated rings. The lowest BCUT2D eigenvalue weighted by atomic mass is 10.2. The maximum atomic E-state index is 13.9. The van der Waals surface area contributed by atoms with Crippen LogP contribution in [0.5, 0.6) is 0 Å². The normalized spacial score (nSPS) is 11.2. The number of hydrogen-bond donors (Lipinski definition) is 1. The Morgan fingerprint density at radius 1 is 1.08 bits per heavy atom. The maximum Gasteiger partial charge on any atom is 0.157 e. The second-order valence-electron chi connectivity index (χ2n) is 5.62. The largest absolute Gasteiger partial charge is 0.337 e. The number of hydrogen-bond acceptors (Lipinski definition) is 3. The van der Waals surface area contributed by atoms with Crippen LogP contribution in [0.3, 0.4) is 0 Å². The molecule has 1 N–H and O–H groups in total. The third-order valence-corrected chi connectivity index (χ3v) is 5.61. The van der Waals surface area contributed by atoms with Crippen LogP contribution in [0.4, 0.5) is 4.39 Å². The van der Waals surface area contributed by atoms with Gasteiger partial charge in [0.1, 0.15) is 11.5 Å². The molecule has 0 amide bonds. The van der Waals surface area contributed by atoms with E-state index in [1.807, 2.05) is 30.3 Å². The van der Waals surface area contributed by atoms with Gasteiger partial charge in [-0.25, -0.2) is 9.37 Å². The van der Waals surface area contributed by atoms with E-state index in [9.17, 15) is 4.39 Å². The predicted octanol–water partition coefficient (Wildman–Crippen LogP) is 6.36. The topological polar surface area (TPSA) is 41.6 Å². The van der Waals surface area contributed by atoms with Crippen LogP contribution in [0, 0.1) is 5.82 Å². The first-order valence-corrected chi connectivity index (χ1v) is 9.52. The van der Waals surface area contributed by atoms with Crippen molar-refractivity contribution in [1.82, 2.24) is 15.0 Å². The minimum absolute atomic E-state index is 0.320. The van der Waals surface area contributed by atoms with Crippen molar-refractivity contribution in [2.45, 2.75) is 10.6 Å². The van der Waals surface area contributed by atoms with Gasteiger partial charge in [0.15, 0.2) is 5.82 Å². The molecule has 2 aromatic carbocycles. The Morgan fingerprint density at radius 3 is 2.73 bits per heavy atom. The van der Waals surface area contributed by atoms with Gasteiger partial charge in [0.2, 0.25) is 0 Å². The zero-order valence-corrected chi connectivity index (χ0v) is 15.7. The molecule has 7 heteroatoms. The summed E-state index contributed by atoms with van der Waals surface area (Å²) in [4.78, 5) is 13.0. The highest BCUT2D eigenvalue weighted by atomic mass is 35.5. The van der Waals surface area contributed by atoms with Gasteiger partial charge in [-0.3, -0.25) is 4.98 Å². The lowest BCUT2D eigenvalue weighted by molar-refractivity contribution is 0.617. The highest BCUT2D eigenvalue weighted by molar-refractivity contribution is 7.98. The molecule has 130 valence electrons. The number of pyridine rings is 1. The number of H-pyrrole nitrogens is 1. The monoisotopic (exact) mass is 403 g/mol. The van der Waals surface area contributed by atoms with E-state index in [0.29, 0.717) is 27.2 Å². The minimum atomic E-state index is -0.320. The minimum Gasteiger partial charge on any atom is -0.337 e. The van der Waals surface area contributed by atoms with Crippen LogP contribution in [0.2, 0.25) is 10.0 Å². The molecule has 0 radical (unpaired) electrons. The Bertz CT molecular complexity index is 1080. The number of nitrogens with zero attached hydrogens (tertiary/aromatic N) is 2. The highest BCUT2D eigenvalue weighted by Gasteiger charge is 2.11. The van der Waals surface area contributed by atoms with E-state index in [1.165, 1.54) is 17.8 Å². The van der Waals surface area contributed by atoms with Crippen molar-refractivity contribution >= 4 is 46.0 Å². The van der Waals surface area contributed by atoms with Gasteiger partial charge in [-0.1, -0.05) is 35.3 Å². The molecule has 0 aliphatic heterocycles. The first-order chi connectivity index (χ1) is 12.6. The Hall–Kier alpha value is -2.08. The van der Waals surface area contributed by atoms with Crippen molar-refractivity contribution in [2.24, 2.45) is 0 Å². The van der Waals surface area contributed by atoms with E-state index in [2.05, 4.69) is 15.0 Å². The fraction of sp³-hybridized carbons (Fsp3) is 0.0526. The molecule has 0 aliphatic carbocycles. The highest BCUT2D eigenvalue weighted by Crippen LogP contribution is 2.34. The van der Waals surface area contributed by atoms with E-state index in [0.717, 1.165) is 21.6 Å². The van der Waals surface area contributed by atoms with E-state index in [-0.39, 0.29) is 5.82 Å². The second kappa shape index (κ2) is 7.27. The fourth-order valence-corrected chi connectivity index (χ4v) is 3.96. The average Bonchev–Trinajstić information content (AvgIpc) is 3.04. The lowest BCUT2D eigenvalue weighted by Gasteiger charge is -2.06. The van der Waals surface area contributed by atoms with Gasteiger partial charge in [-0.2, -0.15) is 0 Å². The number of imidazole rings is 1. The van der Waals surface area contributed by atoms with Gasteiger partial charge in [0.25, 0.3) is 0 Å². The number of aromatic amines is 1. The van der Waals surface area contributed by atoms with Crippen LogP contribution < -0.4 is 0 Å². The molecular formula is C19H12Cl2FN3S. The zero-order chi connectivity index (χ0) is 18.1. The van der Waals surface area contributed by atoms with Gasteiger partial charge < -0.3 is 4.98 Å². The quantitative estimate of drug-likeness (QED) is 0.402. The van der Waals surface area contributed by atoms with Gasteiger partial charge in [0.05, 0.1) is 16.1 Å². The Morgan fingerprint density at radius 2 is 1.96 bits per heavy atom. The Kier molecular flexibility index (Phi) is 4.85. The summed E-state index contributed by atoms with van der Waals surface area (Å²) in [6, 6.07) is 14.1. The number of halogens is 3. The molecule has 0 bridgehead atoms. The number of thioether (sulfide) groups is 1. The molecule has 0 atom stereocenters. The van der Waals surface area contributed by atoms with Crippen molar-refractivity contribution in [3.8, 4) is 11.5 Å². The van der Waals surface area contributed by atoms with E-state index < -0.39 is 0 Å². The number of fused-ring (bicyclic) bond motifs is 1. The molecule has 0 saturated heterocycles. The molecule has 4 rings (SSSR count). The smallest absolute Gasteiger partial charge is 0.157 e. The SMILES string of the molecule is Fc1cc(Cl)ccc1CSc1cc2nc(-c3ccccn3)[nH]c2cc1Cl. The van der Waals surface area contributed by atoms with E-state index >= 15 is 0 Å². The van der Waals surface area contributed by atoms with Crippen molar-refractivity contribution in [3.05, 3.63) is 76.2 Å². The third kappa shape index (κ3) is 3.56. The Balaban J connectivity index is 1.62. The van der Waals surface area contributed by atoms with Crippen molar-refractivity contribution in [2.75, 3.05) is 0 Å². The van der Waals surface area contributed by atoms with E-state index in [1.54, 1.807) is 18.3 Å². The van der Waals surface area contributed by atoms with Gasteiger partial charge in [-0.15, -0.1) is 11.8 Å². The first-order valence-electron chi connectivity index (χ1n) is 7.77. The molecule has 4 aromatic rings. The molecule has 2 aromatic heterocycles. The summed E-state index contributed by atoms with van der Waals surface area (Å²) in [7, 11) is 0. The summed E-state index contributed by atoms with van der Waals surface area (Å²) in [6.45, 7) is 0. The predicted molar refractivity (Wildman–Crippen MR) is 105 cm³/mol. The molecule has 2 heterocycles. The molecular weight excluding hydrogens is 392 g/mol. The fourth-order valence-electron chi connectivity index (χ4n) is 2.54. The van der Waals surface area contributed by atoms with Crippen LogP contribution in [0.1, 0.15) is 5.56 Å². The van der Waals surface area contributed by atoms with Crippen molar-refractivity contribution in [3.63, 3.8) is 0 Å². The number of nitrogens with one attached hydrogen (secondary N) is 1. The molecule has 0 spiro atoms. The average molecular weight is 404 g/mol. The van der Waals surface area contributed by atoms with Crippen molar-refractivity contribution < 1.29 is 4.39 Å². The summed E-state index contributed by atoms with van der Waals surface area (Å²) >= 11 is 13.6. The van der Waals surface area contributed by atoms with Gasteiger partial charge in [-0.05, 0) is 42.0 Å². The molecule has 0 aliphatic rings. The molecule has 26 heavy (non-hydrogen) atoms. The number of benzene rings is 2. The summed E-state index contributed by atoms with van der Waals surface area (Å²) in [5, 5.41) is 0.974. The zero-order valence-electron chi connectivity index (χ0n) is 13.3. The second-order valence-corrected chi connectivity index (χ2v) is 7.49. The van der Waals surface area contributed by atoms with Crippen LogP contribution in [0.25, 0.3) is 22.6 Å².